The minimum absolute atomic E-state index is 0.0449. The second-order valence-corrected chi connectivity index (χ2v) is 7.35. The molecule has 9 heteroatoms. The van der Waals surface area contributed by atoms with Crippen molar-refractivity contribution < 1.29 is 13.6 Å². The minimum Gasteiger partial charge on any atom is -0.469 e. The lowest BCUT2D eigenvalue weighted by molar-refractivity contribution is -0.115. The van der Waals surface area contributed by atoms with Gasteiger partial charge in [0, 0.05) is 12.7 Å². The van der Waals surface area contributed by atoms with Crippen molar-refractivity contribution in [3.8, 4) is 11.4 Å². The van der Waals surface area contributed by atoms with Gasteiger partial charge in [0.2, 0.25) is 5.91 Å². The Morgan fingerprint density at radius 3 is 2.81 bits per heavy atom. The highest BCUT2D eigenvalue weighted by atomic mass is 35.5. The van der Waals surface area contributed by atoms with E-state index in [0.717, 1.165) is 11.3 Å². The Hall–Kier alpha value is -2.32. The van der Waals surface area contributed by atoms with E-state index in [9.17, 15) is 9.18 Å². The van der Waals surface area contributed by atoms with Crippen molar-refractivity contribution in [2.45, 2.75) is 24.3 Å². The Balaban J connectivity index is 1.70. The summed E-state index contributed by atoms with van der Waals surface area (Å²) in [4.78, 5) is 12.4. The van der Waals surface area contributed by atoms with Crippen LogP contribution in [-0.4, -0.2) is 25.9 Å². The van der Waals surface area contributed by atoms with Crippen LogP contribution in [0.4, 0.5) is 10.1 Å². The maximum atomic E-state index is 13.2. The van der Waals surface area contributed by atoms with Crippen LogP contribution in [0.25, 0.3) is 11.4 Å². The Kier molecular flexibility index (Phi) is 5.33. The van der Waals surface area contributed by atoms with Crippen LogP contribution in [0.5, 0.6) is 0 Å². The van der Waals surface area contributed by atoms with E-state index in [0.29, 0.717) is 16.7 Å². The molecule has 0 saturated carbocycles. The van der Waals surface area contributed by atoms with E-state index in [1.54, 1.807) is 17.8 Å². The average Bonchev–Trinajstić information content (AvgIpc) is 3.17. The van der Waals surface area contributed by atoms with Gasteiger partial charge in [0.05, 0.1) is 22.1 Å². The van der Waals surface area contributed by atoms with Gasteiger partial charge in [-0.25, -0.2) is 4.39 Å². The van der Waals surface area contributed by atoms with E-state index in [4.69, 9.17) is 16.0 Å². The topological polar surface area (TPSA) is 72.9 Å². The van der Waals surface area contributed by atoms with Gasteiger partial charge in [0.25, 0.3) is 0 Å². The molecule has 6 nitrogen and oxygen atoms in total. The lowest BCUT2D eigenvalue weighted by atomic mass is 10.2. The minimum atomic E-state index is -0.534. The first-order chi connectivity index (χ1) is 12.4. The number of amides is 1. The Morgan fingerprint density at radius 2 is 2.15 bits per heavy atom. The molecule has 26 heavy (non-hydrogen) atoms. The summed E-state index contributed by atoms with van der Waals surface area (Å²) in [5.41, 5.74) is 1.28. The fourth-order valence-corrected chi connectivity index (χ4v) is 3.29. The number of anilines is 1. The molecule has 0 spiro atoms. The van der Waals surface area contributed by atoms with Crippen molar-refractivity contribution >= 4 is 35.0 Å². The SMILES string of the molecule is Cc1occc1-c1nnc(SC(C)C(=O)Nc2ccc(F)c(Cl)c2)n1C. The number of hydrogen-bond donors (Lipinski definition) is 1. The fraction of sp³-hybridized carbons (Fsp3) is 0.235. The van der Waals surface area contributed by atoms with Gasteiger partial charge in [-0.3, -0.25) is 4.79 Å². The molecule has 0 saturated heterocycles. The lowest BCUT2D eigenvalue weighted by Gasteiger charge is -2.12. The van der Waals surface area contributed by atoms with Gasteiger partial charge in [0.1, 0.15) is 11.6 Å². The van der Waals surface area contributed by atoms with Crippen molar-refractivity contribution in [1.29, 1.82) is 0 Å². The molecule has 1 atom stereocenters. The largest absolute Gasteiger partial charge is 0.469 e. The average molecular weight is 395 g/mol. The molecular formula is C17H16ClFN4O2S. The number of thioether (sulfide) groups is 1. The third-order valence-corrected chi connectivity index (χ3v) is 5.20. The molecule has 0 aliphatic heterocycles. The molecule has 2 aromatic heterocycles. The predicted octanol–water partition coefficient (Wildman–Crippen LogP) is 4.30. The standard InChI is InChI=1S/C17H16ClFN4O2S/c1-9-12(6-7-25-9)15-21-22-17(23(15)3)26-10(2)16(24)20-11-4-5-14(19)13(18)8-11/h4-8,10H,1-3H3,(H,20,24). The quantitative estimate of drug-likeness (QED) is 0.653. The zero-order chi connectivity index (χ0) is 18.8. The molecule has 0 aliphatic rings. The van der Waals surface area contributed by atoms with Crippen LogP contribution < -0.4 is 5.32 Å². The summed E-state index contributed by atoms with van der Waals surface area (Å²) < 4.78 is 20.3. The number of aromatic nitrogens is 3. The van der Waals surface area contributed by atoms with Gasteiger partial charge < -0.3 is 14.3 Å². The molecule has 3 rings (SSSR count). The number of carbonyl (C=O) groups is 1. The maximum Gasteiger partial charge on any atom is 0.237 e. The van der Waals surface area contributed by atoms with Crippen molar-refractivity contribution in [1.82, 2.24) is 14.8 Å². The molecule has 2 heterocycles. The fourth-order valence-electron chi connectivity index (χ4n) is 2.30. The highest BCUT2D eigenvalue weighted by Crippen LogP contribution is 2.28. The van der Waals surface area contributed by atoms with Crippen LogP contribution in [0.15, 0.2) is 40.1 Å². The number of halogens is 2. The van der Waals surface area contributed by atoms with Crippen LogP contribution in [0.1, 0.15) is 12.7 Å². The summed E-state index contributed by atoms with van der Waals surface area (Å²) in [5.74, 6) is 0.627. The normalized spacial score (nSPS) is 12.2. The van der Waals surface area contributed by atoms with Crippen molar-refractivity contribution in [2.24, 2.45) is 7.05 Å². The third kappa shape index (κ3) is 3.76. The maximum absolute atomic E-state index is 13.2. The summed E-state index contributed by atoms with van der Waals surface area (Å²) in [6, 6.07) is 5.85. The van der Waals surface area contributed by atoms with Gasteiger partial charge in [-0.05, 0) is 38.1 Å². The van der Waals surface area contributed by atoms with E-state index < -0.39 is 11.1 Å². The van der Waals surface area contributed by atoms with Crippen LogP contribution in [-0.2, 0) is 11.8 Å². The number of carbonyl (C=O) groups excluding carboxylic acids is 1. The van der Waals surface area contributed by atoms with Gasteiger partial charge in [-0.1, -0.05) is 23.4 Å². The highest BCUT2D eigenvalue weighted by Gasteiger charge is 2.21. The highest BCUT2D eigenvalue weighted by molar-refractivity contribution is 8.00. The van der Waals surface area contributed by atoms with Crippen molar-refractivity contribution in [3.05, 3.63) is 47.1 Å². The molecule has 1 aromatic carbocycles. The third-order valence-electron chi connectivity index (χ3n) is 3.77. The zero-order valence-corrected chi connectivity index (χ0v) is 15.9. The second-order valence-electron chi connectivity index (χ2n) is 5.63. The molecule has 0 aliphatic carbocycles. The van der Waals surface area contributed by atoms with E-state index in [1.807, 2.05) is 20.0 Å². The molecule has 1 unspecified atom stereocenters. The number of aryl methyl sites for hydroxylation is 1. The second kappa shape index (κ2) is 7.51. The Bertz CT molecular complexity index is 956. The Labute approximate surface area is 158 Å². The molecule has 3 aromatic rings. The molecule has 0 radical (unpaired) electrons. The number of nitrogens with zero attached hydrogens (tertiary/aromatic N) is 3. The van der Waals surface area contributed by atoms with E-state index in [2.05, 4.69) is 15.5 Å². The number of furan rings is 1. The van der Waals surface area contributed by atoms with Crippen LogP contribution in [0.3, 0.4) is 0 Å². The summed E-state index contributed by atoms with van der Waals surface area (Å²) in [7, 11) is 1.83. The van der Waals surface area contributed by atoms with Crippen molar-refractivity contribution in [3.63, 3.8) is 0 Å². The predicted molar refractivity (Wildman–Crippen MR) is 98.8 cm³/mol. The number of rotatable bonds is 5. The van der Waals surface area contributed by atoms with Crippen LogP contribution >= 0.6 is 23.4 Å². The number of hydrogen-bond acceptors (Lipinski definition) is 5. The monoisotopic (exact) mass is 394 g/mol. The lowest BCUT2D eigenvalue weighted by Crippen LogP contribution is -2.22. The molecule has 1 N–H and O–H groups in total. The number of benzene rings is 1. The van der Waals surface area contributed by atoms with Gasteiger partial charge in [-0.2, -0.15) is 0 Å². The summed E-state index contributed by atoms with van der Waals surface area (Å²) in [6.07, 6.45) is 1.59. The number of nitrogens with one attached hydrogen (secondary N) is 1. The first kappa shape index (κ1) is 18.5. The molecule has 0 bridgehead atoms. The van der Waals surface area contributed by atoms with E-state index in [-0.39, 0.29) is 10.9 Å². The van der Waals surface area contributed by atoms with Crippen LogP contribution in [0, 0.1) is 12.7 Å². The first-order valence-corrected chi connectivity index (χ1v) is 8.99. The van der Waals surface area contributed by atoms with E-state index >= 15 is 0 Å². The summed E-state index contributed by atoms with van der Waals surface area (Å²) in [6.45, 7) is 3.60. The molecule has 1 amide bonds. The summed E-state index contributed by atoms with van der Waals surface area (Å²) >= 11 is 7.00. The first-order valence-electron chi connectivity index (χ1n) is 7.73. The molecule has 0 fully saturated rings. The molecular weight excluding hydrogens is 379 g/mol. The smallest absolute Gasteiger partial charge is 0.237 e. The van der Waals surface area contributed by atoms with Gasteiger partial charge in [-0.15, -0.1) is 10.2 Å². The zero-order valence-electron chi connectivity index (χ0n) is 14.3. The van der Waals surface area contributed by atoms with Gasteiger partial charge >= 0.3 is 0 Å². The van der Waals surface area contributed by atoms with Crippen LogP contribution in [0.2, 0.25) is 5.02 Å². The Morgan fingerprint density at radius 1 is 1.38 bits per heavy atom. The van der Waals surface area contributed by atoms with Gasteiger partial charge in [0.15, 0.2) is 11.0 Å². The van der Waals surface area contributed by atoms with Crippen molar-refractivity contribution in [2.75, 3.05) is 5.32 Å². The summed E-state index contributed by atoms with van der Waals surface area (Å²) in [5, 5.41) is 11.1. The molecule has 136 valence electrons. The van der Waals surface area contributed by atoms with E-state index in [1.165, 1.54) is 30.0 Å².